The normalized spacial score (nSPS) is 11.5. The molecule has 3 aromatic carbocycles. The Hall–Kier alpha value is -3.67. The van der Waals surface area contributed by atoms with Crippen molar-refractivity contribution in [1.29, 1.82) is 0 Å². The summed E-state index contributed by atoms with van der Waals surface area (Å²) < 4.78 is 5.17. The summed E-state index contributed by atoms with van der Waals surface area (Å²) in [6, 6.07) is 22.1. The van der Waals surface area contributed by atoms with Crippen LogP contribution < -0.4 is 10.2 Å². The number of hydrogen-bond acceptors (Lipinski definition) is 4. The molecule has 29 heavy (non-hydrogen) atoms. The van der Waals surface area contributed by atoms with Gasteiger partial charge in [0.25, 0.3) is 11.8 Å². The Labute approximate surface area is 169 Å². The number of carbonyl (C=O) groups is 3. The molecule has 0 aliphatic carbocycles. The number of anilines is 1. The molecule has 0 aliphatic heterocycles. The van der Waals surface area contributed by atoms with E-state index < -0.39 is 12.1 Å². The quantitative estimate of drug-likeness (QED) is 0.656. The molecule has 3 rings (SSSR count). The first-order chi connectivity index (χ1) is 14.0. The molecule has 0 aliphatic rings. The average Bonchev–Trinajstić information content (AvgIpc) is 2.76. The number of likely N-dealkylation sites (N-methyl/N-ethyl adjacent to an activating group) is 1. The van der Waals surface area contributed by atoms with Gasteiger partial charge in [0.05, 0.1) is 0 Å². The highest BCUT2D eigenvalue weighted by Gasteiger charge is 2.22. The van der Waals surface area contributed by atoms with E-state index in [1.807, 2.05) is 48.5 Å². The molecular weight excluding hydrogens is 368 g/mol. The SMILES string of the molecule is C[C@@H](OC(=O)CNC(=O)c1ccc2ccccc2c1)C(=O)N(C)c1ccccc1. The number of ether oxygens (including phenoxy) is 1. The monoisotopic (exact) mass is 390 g/mol. The molecule has 6 nitrogen and oxygen atoms in total. The van der Waals surface area contributed by atoms with Crippen molar-refractivity contribution in [2.45, 2.75) is 13.0 Å². The summed E-state index contributed by atoms with van der Waals surface area (Å²) in [5.74, 6) is -1.42. The van der Waals surface area contributed by atoms with Crippen LogP contribution in [0.5, 0.6) is 0 Å². The van der Waals surface area contributed by atoms with Gasteiger partial charge in [-0.05, 0) is 42.0 Å². The molecule has 0 saturated heterocycles. The maximum absolute atomic E-state index is 12.4. The van der Waals surface area contributed by atoms with Gasteiger partial charge >= 0.3 is 5.97 Å². The molecule has 0 bridgehead atoms. The van der Waals surface area contributed by atoms with Gasteiger partial charge in [0, 0.05) is 18.3 Å². The van der Waals surface area contributed by atoms with Crippen LogP contribution >= 0.6 is 0 Å². The van der Waals surface area contributed by atoms with Crippen LogP contribution in [0.1, 0.15) is 17.3 Å². The van der Waals surface area contributed by atoms with Gasteiger partial charge in [0.15, 0.2) is 6.10 Å². The van der Waals surface area contributed by atoms with Gasteiger partial charge < -0.3 is 15.0 Å². The molecular formula is C23H22N2O4. The van der Waals surface area contributed by atoms with Crippen molar-refractivity contribution in [2.24, 2.45) is 0 Å². The number of esters is 1. The van der Waals surface area contributed by atoms with Gasteiger partial charge in [0.2, 0.25) is 0 Å². The molecule has 2 amide bonds. The standard InChI is InChI=1S/C23H22N2O4/c1-16(23(28)25(2)20-10-4-3-5-11-20)29-21(26)15-24-22(27)19-13-12-17-8-6-7-9-18(17)14-19/h3-14,16H,15H2,1-2H3,(H,24,27)/t16-/m1/s1. The first-order valence-electron chi connectivity index (χ1n) is 9.25. The molecule has 0 fully saturated rings. The van der Waals surface area contributed by atoms with Crippen molar-refractivity contribution in [2.75, 3.05) is 18.5 Å². The number of amides is 2. The first kappa shape index (κ1) is 20.1. The van der Waals surface area contributed by atoms with E-state index in [-0.39, 0.29) is 18.4 Å². The van der Waals surface area contributed by atoms with E-state index in [0.29, 0.717) is 11.3 Å². The van der Waals surface area contributed by atoms with Gasteiger partial charge in [-0.15, -0.1) is 0 Å². The molecule has 1 atom stereocenters. The van der Waals surface area contributed by atoms with E-state index in [9.17, 15) is 14.4 Å². The highest BCUT2D eigenvalue weighted by Crippen LogP contribution is 2.16. The van der Waals surface area contributed by atoms with E-state index >= 15 is 0 Å². The van der Waals surface area contributed by atoms with Crippen LogP contribution in [0.4, 0.5) is 5.69 Å². The molecule has 0 saturated carbocycles. The summed E-state index contributed by atoms with van der Waals surface area (Å²) >= 11 is 0. The van der Waals surface area contributed by atoms with Gasteiger partial charge in [-0.2, -0.15) is 0 Å². The molecule has 0 heterocycles. The lowest BCUT2D eigenvalue weighted by Gasteiger charge is -2.21. The zero-order valence-electron chi connectivity index (χ0n) is 16.3. The Morgan fingerprint density at radius 1 is 0.931 bits per heavy atom. The maximum Gasteiger partial charge on any atom is 0.326 e. The second kappa shape index (κ2) is 9.01. The largest absolute Gasteiger partial charge is 0.451 e. The van der Waals surface area contributed by atoms with Crippen molar-refractivity contribution in [1.82, 2.24) is 5.32 Å². The number of para-hydroxylation sites is 1. The maximum atomic E-state index is 12.4. The van der Waals surface area contributed by atoms with Crippen molar-refractivity contribution in [3.05, 3.63) is 78.4 Å². The highest BCUT2D eigenvalue weighted by atomic mass is 16.5. The van der Waals surface area contributed by atoms with Crippen molar-refractivity contribution in [3.8, 4) is 0 Å². The van der Waals surface area contributed by atoms with Crippen molar-refractivity contribution in [3.63, 3.8) is 0 Å². The Morgan fingerprint density at radius 2 is 1.59 bits per heavy atom. The first-order valence-corrected chi connectivity index (χ1v) is 9.25. The fraction of sp³-hybridized carbons (Fsp3) is 0.174. The van der Waals surface area contributed by atoms with Crippen molar-refractivity contribution < 1.29 is 19.1 Å². The molecule has 0 aromatic heterocycles. The minimum Gasteiger partial charge on any atom is -0.451 e. The zero-order chi connectivity index (χ0) is 20.8. The van der Waals surface area contributed by atoms with Gasteiger partial charge in [-0.3, -0.25) is 14.4 Å². The summed E-state index contributed by atoms with van der Waals surface area (Å²) in [6.07, 6.45) is -0.967. The molecule has 6 heteroatoms. The fourth-order valence-electron chi connectivity index (χ4n) is 2.93. The van der Waals surface area contributed by atoms with E-state index in [0.717, 1.165) is 10.8 Å². The van der Waals surface area contributed by atoms with E-state index in [1.54, 1.807) is 31.3 Å². The van der Waals surface area contributed by atoms with Crippen LogP contribution in [0.2, 0.25) is 0 Å². The molecule has 0 radical (unpaired) electrons. The number of nitrogens with zero attached hydrogens (tertiary/aromatic N) is 1. The summed E-state index contributed by atoms with van der Waals surface area (Å²) in [4.78, 5) is 38.2. The second-order valence-electron chi connectivity index (χ2n) is 6.61. The number of carbonyl (C=O) groups excluding carboxylic acids is 3. The molecule has 0 unspecified atom stereocenters. The third-order valence-corrected chi connectivity index (χ3v) is 4.53. The number of benzene rings is 3. The third kappa shape index (κ3) is 4.99. The Bertz CT molecular complexity index is 1030. The lowest BCUT2D eigenvalue weighted by Crippen LogP contribution is -2.39. The smallest absolute Gasteiger partial charge is 0.326 e. The minimum absolute atomic E-state index is 0.321. The predicted octanol–water partition coefficient (Wildman–Crippen LogP) is 3.16. The summed E-state index contributed by atoms with van der Waals surface area (Å²) in [7, 11) is 1.61. The number of rotatable bonds is 6. The second-order valence-corrected chi connectivity index (χ2v) is 6.61. The lowest BCUT2D eigenvalue weighted by molar-refractivity contribution is -0.152. The Morgan fingerprint density at radius 3 is 2.31 bits per heavy atom. The third-order valence-electron chi connectivity index (χ3n) is 4.53. The van der Waals surface area contributed by atoms with Crippen LogP contribution in [-0.4, -0.2) is 37.5 Å². The Balaban J connectivity index is 1.53. The lowest BCUT2D eigenvalue weighted by atomic mass is 10.1. The number of fused-ring (bicyclic) bond motifs is 1. The van der Waals surface area contributed by atoms with Gasteiger partial charge in [0.1, 0.15) is 6.54 Å². The predicted molar refractivity (Wildman–Crippen MR) is 112 cm³/mol. The summed E-state index contributed by atoms with van der Waals surface area (Å²) in [5.41, 5.74) is 1.15. The molecule has 0 spiro atoms. The summed E-state index contributed by atoms with van der Waals surface area (Å²) in [6.45, 7) is 1.18. The number of nitrogens with one attached hydrogen (secondary N) is 1. The van der Waals surface area contributed by atoms with E-state index in [4.69, 9.17) is 4.74 Å². The van der Waals surface area contributed by atoms with Gasteiger partial charge in [-0.1, -0.05) is 48.5 Å². The van der Waals surface area contributed by atoms with E-state index in [1.165, 1.54) is 11.8 Å². The number of hydrogen-bond donors (Lipinski definition) is 1. The average molecular weight is 390 g/mol. The molecule has 148 valence electrons. The van der Waals surface area contributed by atoms with Crippen LogP contribution in [0.15, 0.2) is 72.8 Å². The topological polar surface area (TPSA) is 75.7 Å². The van der Waals surface area contributed by atoms with Gasteiger partial charge in [-0.25, -0.2) is 0 Å². The fourth-order valence-corrected chi connectivity index (χ4v) is 2.93. The van der Waals surface area contributed by atoms with Crippen LogP contribution in [-0.2, 0) is 14.3 Å². The molecule has 1 N–H and O–H groups in total. The van der Waals surface area contributed by atoms with Crippen LogP contribution in [0.3, 0.4) is 0 Å². The van der Waals surface area contributed by atoms with Crippen molar-refractivity contribution >= 4 is 34.2 Å². The highest BCUT2D eigenvalue weighted by molar-refractivity contribution is 6.00. The minimum atomic E-state index is -0.967. The zero-order valence-corrected chi connectivity index (χ0v) is 16.3. The Kier molecular flexibility index (Phi) is 6.24. The van der Waals surface area contributed by atoms with Crippen LogP contribution in [0.25, 0.3) is 10.8 Å². The van der Waals surface area contributed by atoms with E-state index in [2.05, 4.69) is 5.32 Å². The van der Waals surface area contributed by atoms with Crippen LogP contribution in [0, 0.1) is 0 Å². The molecule has 3 aromatic rings. The summed E-state index contributed by atoms with van der Waals surface area (Å²) in [5, 5.41) is 4.49.